The van der Waals surface area contributed by atoms with Crippen molar-refractivity contribution in [3.63, 3.8) is 0 Å². The fourth-order valence-electron chi connectivity index (χ4n) is 2.83. The van der Waals surface area contributed by atoms with Crippen molar-refractivity contribution in [1.29, 1.82) is 5.26 Å². The zero-order chi connectivity index (χ0) is 21.8. The lowest BCUT2D eigenvalue weighted by molar-refractivity contribution is 0.146. The van der Waals surface area contributed by atoms with Gasteiger partial charge in [0.05, 0.1) is 11.6 Å². The molecule has 0 bridgehead atoms. The van der Waals surface area contributed by atoms with Gasteiger partial charge in [-0.2, -0.15) is 17.0 Å². The maximum absolute atomic E-state index is 11.5. The molecule has 29 heavy (non-hydrogen) atoms. The van der Waals surface area contributed by atoms with E-state index >= 15 is 0 Å². The molecule has 1 rings (SSSR count). The zero-order valence-corrected chi connectivity index (χ0v) is 21.4. The highest BCUT2D eigenvalue weighted by molar-refractivity contribution is 8.03. The van der Waals surface area contributed by atoms with Gasteiger partial charge in [-0.3, -0.25) is 0 Å². The van der Waals surface area contributed by atoms with Crippen molar-refractivity contribution in [3.8, 4) is 17.5 Å². The van der Waals surface area contributed by atoms with E-state index in [0.717, 1.165) is 36.3 Å². The smallest absolute Gasteiger partial charge is 0.129 e. The van der Waals surface area contributed by atoms with Gasteiger partial charge in [0, 0.05) is 11.5 Å². The summed E-state index contributed by atoms with van der Waals surface area (Å²) in [4.78, 5) is 0. The predicted octanol–water partition coefficient (Wildman–Crippen LogP) is 6.67. The molecule has 2 nitrogen and oxygen atoms in total. The predicted molar refractivity (Wildman–Crippen MR) is 134 cm³/mol. The van der Waals surface area contributed by atoms with Crippen molar-refractivity contribution in [3.05, 3.63) is 35.4 Å². The third kappa shape index (κ3) is 9.66. The van der Waals surface area contributed by atoms with Gasteiger partial charge in [0.1, 0.15) is 18.9 Å². The van der Waals surface area contributed by atoms with Crippen LogP contribution in [-0.4, -0.2) is 35.2 Å². The second kappa shape index (κ2) is 13.4. The molecule has 1 N–H and O–H groups in total. The molecule has 0 amide bonds. The third-order valence-corrected chi connectivity index (χ3v) is 8.23. The van der Waals surface area contributed by atoms with Crippen LogP contribution in [0.25, 0.3) is 0 Å². The van der Waals surface area contributed by atoms with Crippen LogP contribution in [0.5, 0.6) is 0 Å². The SMILES string of the molecule is CCCCSCCS[C@@](C#C[Si](C)(C)C)(CCCC)[C@@H](O)c1ccc(C#N)cc1. The normalized spacial score (nSPS) is 14.4. The van der Waals surface area contributed by atoms with E-state index in [0.29, 0.717) is 5.56 Å². The van der Waals surface area contributed by atoms with Gasteiger partial charge >= 0.3 is 0 Å². The van der Waals surface area contributed by atoms with Crippen molar-refractivity contribution in [2.45, 2.75) is 76.4 Å². The Morgan fingerprint density at radius 3 is 2.24 bits per heavy atom. The number of aliphatic hydroxyl groups excluding tert-OH is 1. The third-order valence-electron chi connectivity index (χ3n) is 4.58. The molecule has 0 aliphatic heterocycles. The molecular formula is C24H37NOS2Si. The minimum absolute atomic E-state index is 0.490. The van der Waals surface area contributed by atoms with Crippen molar-refractivity contribution < 1.29 is 5.11 Å². The van der Waals surface area contributed by atoms with E-state index in [9.17, 15) is 5.11 Å². The van der Waals surface area contributed by atoms with Crippen LogP contribution in [0.3, 0.4) is 0 Å². The highest BCUT2D eigenvalue weighted by atomic mass is 32.2. The van der Waals surface area contributed by atoms with Gasteiger partial charge in [0.15, 0.2) is 0 Å². The van der Waals surface area contributed by atoms with Gasteiger partial charge < -0.3 is 5.11 Å². The van der Waals surface area contributed by atoms with Crippen molar-refractivity contribution in [1.82, 2.24) is 0 Å². The van der Waals surface area contributed by atoms with Crippen LogP contribution in [0.4, 0.5) is 0 Å². The molecule has 0 spiro atoms. The molecule has 0 saturated heterocycles. The monoisotopic (exact) mass is 447 g/mol. The lowest BCUT2D eigenvalue weighted by Crippen LogP contribution is -2.33. The summed E-state index contributed by atoms with van der Waals surface area (Å²) in [6.07, 6.45) is 4.86. The van der Waals surface area contributed by atoms with Crippen molar-refractivity contribution in [2.24, 2.45) is 0 Å². The second-order valence-electron chi connectivity index (χ2n) is 8.44. The van der Waals surface area contributed by atoms with E-state index in [2.05, 4.69) is 51.0 Å². The van der Waals surface area contributed by atoms with E-state index in [1.54, 1.807) is 12.1 Å². The average Bonchev–Trinajstić information content (AvgIpc) is 2.71. The van der Waals surface area contributed by atoms with Gasteiger partial charge in [-0.15, -0.1) is 17.3 Å². The molecule has 160 valence electrons. The minimum Gasteiger partial charge on any atom is -0.386 e. The highest BCUT2D eigenvalue weighted by Crippen LogP contribution is 2.42. The highest BCUT2D eigenvalue weighted by Gasteiger charge is 2.37. The van der Waals surface area contributed by atoms with E-state index in [1.807, 2.05) is 35.7 Å². The summed E-state index contributed by atoms with van der Waals surface area (Å²) in [5.74, 6) is 6.88. The lowest BCUT2D eigenvalue weighted by atomic mass is 9.90. The summed E-state index contributed by atoms with van der Waals surface area (Å²) in [7, 11) is -1.57. The van der Waals surface area contributed by atoms with Gasteiger partial charge in [0.25, 0.3) is 0 Å². The molecule has 0 aromatic heterocycles. The van der Waals surface area contributed by atoms with Crippen LogP contribution in [0.1, 0.15) is 63.2 Å². The number of hydrogen-bond acceptors (Lipinski definition) is 4. The largest absolute Gasteiger partial charge is 0.386 e. The van der Waals surface area contributed by atoms with Crippen LogP contribution in [-0.2, 0) is 0 Å². The van der Waals surface area contributed by atoms with Crippen molar-refractivity contribution >= 4 is 31.6 Å². The van der Waals surface area contributed by atoms with Crippen LogP contribution < -0.4 is 0 Å². The number of nitriles is 1. The molecule has 1 aromatic carbocycles. The Morgan fingerprint density at radius 1 is 1.03 bits per heavy atom. The molecule has 0 aliphatic carbocycles. The number of thioether (sulfide) groups is 2. The Kier molecular flexibility index (Phi) is 12.1. The lowest BCUT2D eigenvalue weighted by Gasteiger charge is -2.34. The first-order valence-corrected chi connectivity index (χ1v) is 16.4. The fourth-order valence-corrected chi connectivity index (χ4v) is 6.09. The first-order chi connectivity index (χ1) is 13.8. The van der Waals surface area contributed by atoms with E-state index in [-0.39, 0.29) is 0 Å². The van der Waals surface area contributed by atoms with Crippen LogP contribution in [0.2, 0.25) is 19.6 Å². The second-order valence-corrected chi connectivity index (χ2v) is 15.8. The number of rotatable bonds is 12. The van der Waals surface area contributed by atoms with Crippen molar-refractivity contribution in [2.75, 3.05) is 17.3 Å². The van der Waals surface area contributed by atoms with E-state index in [1.165, 1.54) is 18.6 Å². The zero-order valence-electron chi connectivity index (χ0n) is 18.8. The van der Waals surface area contributed by atoms with E-state index < -0.39 is 18.9 Å². The molecular weight excluding hydrogens is 410 g/mol. The number of unbranched alkanes of at least 4 members (excludes halogenated alkanes) is 2. The fraction of sp³-hybridized carbons (Fsp3) is 0.625. The van der Waals surface area contributed by atoms with Gasteiger partial charge in [-0.1, -0.05) is 70.8 Å². The summed E-state index contributed by atoms with van der Waals surface area (Å²) in [5, 5.41) is 20.5. The topological polar surface area (TPSA) is 44.0 Å². The number of benzene rings is 1. The molecule has 0 radical (unpaired) electrons. The Labute approximate surface area is 188 Å². The van der Waals surface area contributed by atoms with Gasteiger partial charge in [-0.05, 0) is 36.3 Å². The van der Waals surface area contributed by atoms with Crippen LogP contribution in [0.15, 0.2) is 24.3 Å². The minimum atomic E-state index is -1.57. The number of nitrogens with zero attached hydrogens (tertiary/aromatic N) is 1. The summed E-state index contributed by atoms with van der Waals surface area (Å²) >= 11 is 3.83. The summed E-state index contributed by atoms with van der Waals surface area (Å²) in [6.45, 7) is 11.2. The molecule has 0 saturated carbocycles. The number of aliphatic hydroxyl groups is 1. The molecule has 0 unspecified atom stereocenters. The Morgan fingerprint density at radius 2 is 1.69 bits per heavy atom. The first kappa shape index (κ1) is 26.2. The van der Waals surface area contributed by atoms with Crippen LogP contribution in [0, 0.1) is 22.8 Å². The molecule has 5 heteroatoms. The molecule has 1 aromatic rings. The standard InChI is InChI=1S/C24H37NOS2Si/c1-6-8-14-24(15-19-29(3,4)5,28-18-17-27-16-9-7-2)23(26)22-12-10-21(20-25)11-13-22/h10-13,23,26H,6-9,14,16-18H2,1-5H3/t23-,24+/m0/s1. The number of hydrogen-bond donors (Lipinski definition) is 1. The molecule has 0 heterocycles. The molecule has 0 fully saturated rings. The average molecular weight is 448 g/mol. The quantitative estimate of drug-likeness (QED) is 0.221. The van der Waals surface area contributed by atoms with Crippen LogP contribution >= 0.6 is 23.5 Å². The maximum atomic E-state index is 11.5. The molecule has 2 atom stereocenters. The molecule has 0 aliphatic rings. The summed E-state index contributed by atoms with van der Waals surface area (Å²) in [6, 6.07) is 9.51. The Bertz CT molecular complexity index is 697. The maximum Gasteiger partial charge on any atom is 0.129 e. The van der Waals surface area contributed by atoms with Gasteiger partial charge in [-0.25, -0.2) is 0 Å². The summed E-state index contributed by atoms with van der Waals surface area (Å²) in [5.41, 5.74) is 5.03. The summed E-state index contributed by atoms with van der Waals surface area (Å²) < 4.78 is -0.490. The van der Waals surface area contributed by atoms with Gasteiger partial charge in [0.2, 0.25) is 0 Å². The van der Waals surface area contributed by atoms with E-state index in [4.69, 9.17) is 5.26 Å². The first-order valence-electron chi connectivity index (χ1n) is 10.7. The Hall–Kier alpha value is -0.853. The Balaban J connectivity index is 3.14.